The zero-order valence-corrected chi connectivity index (χ0v) is 22.9. The molecule has 1 aliphatic rings. The molecule has 3 aromatic carbocycles. The number of halogens is 4. The number of aromatic amines is 1. The second-order valence-corrected chi connectivity index (χ2v) is 10.3. The molecule has 5 rings (SSSR count). The Labute approximate surface area is 244 Å². The molecule has 0 bridgehead atoms. The number of rotatable bonds is 8. The van der Waals surface area contributed by atoms with Gasteiger partial charge < -0.3 is 4.90 Å². The van der Waals surface area contributed by atoms with E-state index in [1.54, 1.807) is 24.3 Å². The van der Waals surface area contributed by atoms with Crippen molar-refractivity contribution in [3.63, 3.8) is 0 Å². The molecular formula is C31H28F4N6O2. The van der Waals surface area contributed by atoms with Crippen LogP contribution >= 0.6 is 0 Å². The highest BCUT2D eigenvalue weighted by Gasteiger charge is 2.31. The van der Waals surface area contributed by atoms with Crippen molar-refractivity contribution in [3.8, 4) is 0 Å². The average molecular weight is 593 g/mol. The number of amides is 2. The van der Waals surface area contributed by atoms with E-state index in [0.29, 0.717) is 28.8 Å². The molecule has 0 aliphatic heterocycles. The summed E-state index contributed by atoms with van der Waals surface area (Å²) in [6.45, 7) is 0.107. The maximum absolute atomic E-state index is 13.9. The lowest BCUT2D eigenvalue weighted by Gasteiger charge is -2.25. The number of aromatic nitrogens is 4. The van der Waals surface area contributed by atoms with Crippen molar-refractivity contribution in [1.82, 2.24) is 20.6 Å². The van der Waals surface area contributed by atoms with Crippen molar-refractivity contribution in [2.75, 3.05) is 10.2 Å². The van der Waals surface area contributed by atoms with Crippen LogP contribution in [0.5, 0.6) is 0 Å². The lowest BCUT2D eigenvalue weighted by Crippen LogP contribution is -2.28. The highest BCUT2D eigenvalue weighted by Crippen LogP contribution is 2.34. The van der Waals surface area contributed by atoms with Gasteiger partial charge in [-0.05, 0) is 89.2 Å². The summed E-state index contributed by atoms with van der Waals surface area (Å²) >= 11 is 0. The minimum absolute atomic E-state index is 0.0231. The van der Waals surface area contributed by atoms with Crippen LogP contribution in [-0.4, -0.2) is 32.4 Å². The van der Waals surface area contributed by atoms with Gasteiger partial charge in [0.25, 0.3) is 17.8 Å². The number of hydrogen-bond donors (Lipinski definition) is 2. The number of alkyl halides is 3. The van der Waals surface area contributed by atoms with Crippen LogP contribution in [0, 0.1) is 5.82 Å². The second kappa shape index (κ2) is 13.0. The highest BCUT2D eigenvalue weighted by molar-refractivity contribution is 6.04. The molecule has 1 aliphatic carbocycles. The van der Waals surface area contributed by atoms with E-state index in [1.807, 2.05) is 24.3 Å². The van der Waals surface area contributed by atoms with E-state index >= 15 is 0 Å². The van der Waals surface area contributed by atoms with Gasteiger partial charge in [-0.25, -0.2) is 4.39 Å². The van der Waals surface area contributed by atoms with Crippen LogP contribution in [0.4, 0.5) is 29.2 Å². The predicted molar refractivity (Wildman–Crippen MR) is 152 cm³/mol. The first-order valence-corrected chi connectivity index (χ1v) is 13.8. The largest absolute Gasteiger partial charge is 0.416 e. The quantitative estimate of drug-likeness (QED) is 0.171. The van der Waals surface area contributed by atoms with Crippen LogP contribution in [-0.2, 0) is 17.5 Å². The fourth-order valence-corrected chi connectivity index (χ4v) is 5.12. The van der Waals surface area contributed by atoms with Crippen molar-refractivity contribution in [2.24, 2.45) is 0 Å². The van der Waals surface area contributed by atoms with E-state index in [9.17, 15) is 27.2 Å². The number of carbonyl (C=O) groups is 2. The summed E-state index contributed by atoms with van der Waals surface area (Å²) in [5.74, 6) is -1.53. The first-order valence-electron chi connectivity index (χ1n) is 13.8. The molecule has 1 heterocycles. The normalized spacial score (nSPS) is 14.1. The number of nitrogens with zero attached hydrogens (tertiary/aromatic N) is 4. The molecule has 222 valence electrons. The first-order chi connectivity index (χ1) is 20.7. The molecule has 0 atom stereocenters. The van der Waals surface area contributed by atoms with E-state index in [-0.39, 0.29) is 18.1 Å². The number of hydrogen-bond acceptors (Lipinski definition) is 5. The Balaban J connectivity index is 1.38. The zero-order chi connectivity index (χ0) is 30.4. The van der Waals surface area contributed by atoms with Crippen molar-refractivity contribution >= 4 is 29.5 Å². The Morgan fingerprint density at radius 2 is 1.70 bits per heavy atom. The summed E-state index contributed by atoms with van der Waals surface area (Å²) in [6.07, 6.45) is 3.39. The Hall–Kier alpha value is -4.87. The van der Waals surface area contributed by atoms with E-state index in [0.717, 1.165) is 37.1 Å². The highest BCUT2D eigenvalue weighted by atomic mass is 19.4. The number of benzene rings is 3. The fourth-order valence-electron chi connectivity index (χ4n) is 5.12. The minimum Gasteiger partial charge on any atom is -0.304 e. The van der Waals surface area contributed by atoms with E-state index in [4.69, 9.17) is 0 Å². The number of carbonyl (C=O) groups excluding carboxylic acids is 2. The average Bonchev–Trinajstić information content (AvgIpc) is 3.52. The minimum atomic E-state index is -4.73. The van der Waals surface area contributed by atoms with Gasteiger partial charge in [-0.2, -0.15) is 18.4 Å². The Bertz CT molecular complexity index is 1580. The number of anilines is 2. The fraction of sp³-hybridized carbons (Fsp3) is 0.258. The van der Waals surface area contributed by atoms with Crippen LogP contribution < -0.4 is 10.2 Å². The lowest BCUT2D eigenvalue weighted by molar-refractivity contribution is -0.137. The molecule has 2 amide bonds. The van der Waals surface area contributed by atoms with Crippen molar-refractivity contribution in [2.45, 2.75) is 50.7 Å². The Morgan fingerprint density at radius 1 is 0.977 bits per heavy atom. The van der Waals surface area contributed by atoms with E-state index in [2.05, 4.69) is 25.9 Å². The molecule has 0 spiro atoms. The number of tetrazole rings is 1. The smallest absolute Gasteiger partial charge is 0.304 e. The molecule has 1 fully saturated rings. The maximum Gasteiger partial charge on any atom is 0.416 e. The topological polar surface area (TPSA) is 104 Å². The summed E-state index contributed by atoms with van der Waals surface area (Å²) < 4.78 is 53.4. The number of nitrogens with one attached hydrogen (secondary N) is 2. The number of H-pyrrole nitrogens is 1. The second-order valence-electron chi connectivity index (χ2n) is 10.3. The van der Waals surface area contributed by atoms with Crippen LogP contribution in [0.25, 0.3) is 6.08 Å². The van der Waals surface area contributed by atoms with Crippen molar-refractivity contribution < 1.29 is 27.2 Å². The van der Waals surface area contributed by atoms with Crippen LogP contribution in [0.15, 0.2) is 72.8 Å². The lowest BCUT2D eigenvalue weighted by atomic mass is 9.84. The van der Waals surface area contributed by atoms with Gasteiger partial charge >= 0.3 is 6.18 Å². The van der Waals surface area contributed by atoms with Gasteiger partial charge in [0, 0.05) is 17.3 Å². The predicted octanol–water partition coefficient (Wildman–Crippen LogP) is 6.90. The molecule has 8 nitrogen and oxygen atoms in total. The summed E-state index contributed by atoms with van der Waals surface area (Å²) in [7, 11) is 0. The molecule has 2 N–H and O–H groups in total. The van der Waals surface area contributed by atoms with Gasteiger partial charge in [0.15, 0.2) is 0 Å². The monoisotopic (exact) mass is 592 g/mol. The molecule has 12 heteroatoms. The summed E-state index contributed by atoms with van der Waals surface area (Å²) in [5, 5.41) is 15.5. The van der Waals surface area contributed by atoms with Crippen molar-refractivity contribution in [1.29, 1.82) is 0 Å². The third kappa shape index (κ3) is 7.70. The van der Waals surface area contributed by atoms with E-state index < -0.39 is 29.4 Å². The third-order valence-electron chi connectivity index (χ3n) is 7.34. The molecule has 43 heavy (non-hydrogen) atoms. The molecule has 1 saturated carbocycles. The molecule has 4 aromatic rings. The molecule has 0 radical (unpaired) electrons. The molecule has 1 aromatic heterocycles. The van der Waals surface area contributed by atoms with Gasteiger partial charge in [-0.15, -0.1) is 5.10 Å². The summed E-state index contributed by atoms with van der Waals surface area (Å²) in [4.78, 5) is 27.4. The molecule has 0 unspecified atom stereocenters. The Morgan fingerprint density at radius 3 is 2.35 bits per heavy atom. The zero-order valence-electron chi connectivity index (χ0n) is 22.9. The van der Waals surface area contributed by atoms with Crippen LogP contribution in [0.3, 0.4) is 0 Å². The third-order valence-corrected chi connectivity index (χ3v) is 7.34. The standard InChI is InChI=1S/C31H28F4N6O2/c32-26-17-21(16-25(18-26)31(33,34)35)8-15-28(42)41(27-13-11-23(12-14-27)22-4-2-1-3-5-22)19-20-6-9-24(10-7-20)29(43)36-30-37-39-40-38-30/h6-18,22H,1-5,19H2,(H2,36,37,38,39,40,43)/b15-8+. The summed E-state index contributed by atoms with van der Waals surface area (Å²) in [5.41, 5.74) is 1.57. The van der Waals surface area contributed by atoms with Gasteiger partial charge in [-0.3, -0.25) is 14.9 Å². The van der Waals surface area contributed by atoms with Gasteiger partial charge in [0.1, 0.15) is 5.82 Å². The molecular weight excluding hydrogens is 564 g/mol. The van der Waals surface area contributed by atoms with Crippen LogP contribution in [0.1, 0.15) is 70.6 Å². The maximum atomic E-state index is 13.9. The van der Waals surface area contributed by atoms with Gasteiger partial charge in [0.2, 0.25) is 0 Å². The van der Waals surface area contributed by atoms with E-state index in [1.165, 1.54) is 29.7 Å². The van der Waals surface area contributed by atoms with Gasteiger partial charge in [-0.1, -0.05) is 48.6 Å². The molecule has 0 saturated heterocycles. The summed E-state index contributed by atoms with van der Waals surface area (Å²) in [6, 6.07) is 16.4. The van der Waals surface area contributed by atoms with Crippen LogP contribution in [0.2, 0.25) is 0 Å². The Kier molecular flexibility index (Phi) is 8.93. The van der Waals surface area contributed by atoms with Crippen molar-refractivity contribution in [3.05, 3.63) is 106 Å². The van der Waals surface area contributed by atoms with Gasteiger partial charge in [0.05, 0.1) is 12.1 Å². The SMILES string of the molecule is O=C(Nc1nn[nH]n1)c1ccc(CN(C(=O)/C=C/c2cc(F)cc(C(F)(F)F)c2)c2ccc(C3CCCCC3)cc2)cc1. The first kappa shape index (κ1) is 29.6.